The summed E-state index contributed by atoms with van der Waals surface area (Å²) in [5.74, 6) is -0.495. The fourth-order valence-electron chi connectivity index (χ4n) is 1.58. The molecule has 0 aromatic heterocycles. The van der Waals surface area contributed by atoms with Crippen LogP contribution in [0.15, 0.2) is 54.6 Å². The lowest BCUT2D eigenvalue weighted by Gasteiger charge is -2.04. The highest BCUT2D eigenvalue weighted by Crippen LogP contribution is 2.20. The third-order valence-electron chi connectivity index (χ3n) is 2.36. The highest BCUT2D eigenvalue weighted by molar-refractivity contribution is 5.90. The molecule has 0 amide bonds. The van der Waals surface area contributed by atoms with Crippen LogP contribution in [0.2, 0.25) is 0 Å². The molecular formula is C14H12O3. The van der Waals surface area contributed by atoms with Gasteiger partial charge in [0.1, 0.15) is 0 Å². The van der Waals surface area contributed by atoms with Crippen molar-refractivity contribution in [1.29, 1.82) is 0 Å². The molecule has 0 radical (unpaired) electrons. The average Bonchev–Trinajstić information content (AvgIpc) is 2.40. The number of carbonyl (C=O) groups is 1. The zero-order valence-corrected chi connectivity index (χ0v) is 9.42. The van der Waals surface area contributed by atoms with Gasteiger partial charge >= 0.3 is 5.97 Å². The standard InChI is InChI=1S/C14H12O3/c1-16-17-14(15)13-9-5-8-12(10-13)11-6-3-2-4-7-11/h2-10H,1H3. The molecular weight excluding hydrogens is 216 g/mol. The van der Waals surface area contributed by atoms with E-state index in [1.54, 1.807) is 12.1 Å². The van der Waals surface area contributed by atoms with Crippen molar-refractivity contribution < 1.29 is 14.6 Å². The summed E-state index contributed by atoms with van der Waals surface area (Å²) in [7, 11) is 1.30. The van der Waals surface area contributed by atoms with E-state index in [0.717, 1.165) is 11.1 Å². The van der Waals surface area contributed by atoms with E-state index in [0.29, 0.717) is 5.56 Å². The van der Waals surface area contributed by atoms with Crippen LogP contribution >= 0.6 is 0 Å². The maximum Gasteiger partial charge on any atom is 0.373 e. The Labute approximate surface area is 99.5 Å². The molecule has 2 rings (SSSR count). The second kappa shape index (κ2) is 5.27. The molecule has 2 aromatic carbocycles. The lowest BCUT2D eigenvalue weighted by Crippen LogP contribution is -2.03. The van der Waals surface area contributed by atoms with Gasteiger partial charge in [0.25, 0.3) is 0 Å². The Morgan fingerprint density at radius 1 is 0.941 bits per heavy atom. The quantitative estimate of drug-likeness (QED) is 0.598. The fourth-order valence-corrected chi connectivity index (χ4v) is 1.58. The average molecular weight is 228 g/mol. The van der Waals surface area contributed by atoms with Crippen molar-refractivity contribution >= 4 is 5.97 Å². The van der Waals surface area contributed by atoms with E-state index in [1.807, 2.05) is 42.5 Å². The van der Waals surface area contributed by atoms with Gasteiger partial charge in [0, 0.05) is 0 Å². The molecule has 3 nitrogen and oxygen atoms in total. The number of carbonyl (C=O) groups excluding carboxylic acids is 1. The minimum Gasteiger partial charge on any atom is -0.293 e. The number of hydrogen-bond acceptors (Lipinski definition) is 3. The van der Waals surface area contributed by atoms with Crippen LogP contribution in [0.3, 0.4) is 0 Å². The van der Waals surface area contributed by atoms with Crippen molar-refractivity contribution in [3.05, 3.63) is 60.2 Å². The second-order valence-corrected chi connectivity index (χ2v) is 3.48. The highest BCUT2D eigenvalue weighted by Gasteiger charge is 2.08. The maximum atomic E-state index is 11.5. The molecule has 0 atom stereocenters. The fraction of sp³-hybridized carbons (Fsp3) is 0.0714. The molecule has 0 saturated carbocycles. The van der Waals surface area contributed by atoms with E-state index in [-0.39, 0.29) is 0 Å². The summed E-state index contributed by atoms with van der Waals surface area (Å²) >= 11 is 0. The van der Waals surface area contributed by atoms with E-state index < -0.39 is 5.97 Å². The molecule has 0 saturated heterocycles. The van der Waals surface area contributed by atoms with E-state index >= 15 is 0 Å². The Morgan fingerprint density at radius 2 is 1.65 bits per heavy atom. The van der Waals surface area contributed by atoms with Gasteiger partial charge in [-0.2, -0.15) is 4.89 Å². The third kappa shape index (κ3) is 2.71. The Bertz CT molecular complexity index is 506. The number of benzene rings is 2. The first-order chi connectivity index (χ1) is 8.31. The second-order valence-electron chi connectivity index (χ2n) is 3.48. The van der Waals surface area contributed by atoms with Crippen molar-refractivity contribution in [3.8, 4) is 11.1 Å². The molecule has 0 N–H and O–H groups in total. The largest absolute Gasteiger partial charge is 0.373 e. The summed E-state index contributed by atoms with van der Waals surface area (Å²) in [6.07, 6.45) is 0. The molecule has 0 aliphatic carbocycles. The third-order valence-corrected chi connectivity index (χ3v) is 2.36. The zero-order valence-electron chi connectivity index (χ0n) is 9.42. The van der Waals surface area contributed by atoms with Crippen molar-refractivity contribution in [2.24, 2.45) is 0 Å². The molecule has 0 fully saturated rings. The SMILES string of the molecule is COOC(=O)c1cccc(-c2ccccc2)c1. The van der Waals surface area contributed by atoms with Crippen LogP contribution in [-0.4, -0.2) is 13.1 Å². The molecule has 17 heavy (non-hydrogen) atoms. The van der Waals surface area contributed by atoms with Gasteiger partial charge in [0.05, 0.1) is 12.7 Å². The van der Waals surface area contributed by atoms with Crippen molar-refractivity contribution in [2.75, 3.05) is 7.11 Å². The summed E-state index contributed by atoms with van der Waals surface area (Å²) < 4.78 is 0. The van der Waals surface area contributed by atoms with Gasteiger partial charge in [-0.3, -0.25) is 4.89 Å². The smallest absolute Gasteiger partial charge is 0.293 e. The van der Waals surface area contributed by atoms with Crippen LogP contribution in [0.4, 0.5) is 0 Å². The van der Waals surface area contributed by atoms with Gasteiger partial charge in [-0.25, -0.2) is 4.79 Å². The predicted molar refractivity (Wildman–Crippen MR) is 64.3 cm³/mol. The van der Waals surface area contributed by atoms with Crippen molar-refractivity contribution in [1.82, 2.24) is 0 Å². The van der Waals surface area contributed by atoms with Crippen molar-refractivity contribution in [2.45, 2.75) is 0 Å². The molecule has 0 aliphatic heterocycles. The predicted octanol–water partition coefficient (Wildman–Crippen LogP) is 3.07. The summed E-state index contributed by atoms with van der Waals surface area (Å²) in [6, 6.07) is 17.1. The van der Waals surface area contributed by atoms with E-state index in [2.05, 4.69) is 9.78 Å². The minimum atomic E-state index is -0.495. The lowest BCUT2D eigenvalue weighted by atomic mass is 10.0. The Kier molecular flexibility index (Phi) is 3.52. The summed E-state index contributed by atoms with van der Waals surface area (Å²) in [4.78, 5) is 20.3. The monoisotopic (exact) mass is 228 g/mol. The highest BCUT2D eigenvalue weighted by atomic mass is 17.2. The maximum absolute atomic E-state index is 11.5. The van der Waals surface area contributed by atoms with Crippen LogP contribution in [0.1, 0.15) is 10.4 Å². The zero-order chi connectivity index (χ0) is 12.1. The molecule has 0 bridgehead atoms. The molecule has 2 aromatic rings. The first-order valence-corrected chi connectivity index (χ1v) is 5.22. The van der Waals surface area contributed by atoms with Crippen LogP contribution in [0.25, 0.3) is 11.1 Å². The summed E-state index contributed by atoms with van der Waals surface area (Å²) in [5.41, 5.74) is 2.49. The normalized spacial score (nSPS) is 9.94. The van der Waals surface area contributed by atoms with Gasteiger partial charge in [0.2, 0.25) is 0 Å². The molecule has 86 valence electrons. The molecule has 0 spiro atoms. The van der Waals surface area contributed by atoms with Crippen LogP contribution in [0.5, 0.6) is 0 Å². The Balaban J connectivity index is 2.32. The Morgan fingerprint density at radius 3 is 2.35 bits per heavy atom. The lowest BCUT2D eigenvalue weighted by molar-refractivity contribution is -0.216. The van der Waals surface area contributed by atoms with Gasteiger partial charge in [-0.15, -0.1) is 0 Å². The van der Waals surface area contributed by atoms with E-state index in [4.69, 9.17) is 0 Å². The van der Waals surface area contributed by atoms with Gasteiger partial charge in [-0.1, -0.05) is 42.5 Å². The molecule has 3 heteroatoms. The first kappa shape index (κ1) is 11.4. The van der Waals surface area contributed by atoms with Crippen LogP contribution in [-0.2, 0) is 9.78 Å². The van der Waals surface area contributed by atoms with E-state index in [9.17, 15) is 4.79 Å². The topological polar surface area (TPSA) is 35.5 Å². The minimum absolute atomic E-state index is 0.466. The van der Waals surface area contributed by atoms with Gasteiger partial charge in [-0.05, 0) is 23.3 Å². The van der Waals surface area contributed by atoms with Crippen LogP contribution < -0.4 is 0 Å². The molecule has 0 aliphatic rings. The first-order valence-electron chi connectivity index (χ1n) is 5.22. The van der Waals surface area contributed by atoms with Crippen LogP contribution in [0, 0.1) is 0 Å². The summed E-state index contributed by atoms with van der Waals surface area (Å²) in [6.45, 7) is 0. The van der Waals surface area contributed by atoms with Gasteiger partial charge < -0.3 is 0 Å². The molecule has 0 heterocycles. The van der Waals surface area contributed by atoms with Crippen molar-refractivity contribution in [3.63, 3.8) is 0 Å². The Hall–Kier alpha value is -2.13. The summed E-state index contributed by atoms with van der Waals surface area (Å²) in [5, 5.41) is 0. The van der Waals surface area contributed by atoms with E-state index in [1.165, 1.54) is 7.11 Å². The molecule has 0 unspecified atom stereocenters. The van der Waals surface area contributed by atoms with Gasteiger partial charge in [0.15, 0.2) is 0 Å². The number of hydrogen-bond donors (Lipinski definition) is 0. The number of rotatable bonds is 3.